The molecule has 0 saturated heterocycles. The van der Waals surface area contributed by atoms with Crippen molar-refractivity contribution in [1.29, 1.82) is 0 Å². The van der Waals surface area contributed by atoms with E-state index in [4.69, 9.17) is 0 Å². The number of carbonyl (C=O) groups excluding carboxylic acids is 1. The van der Waals surface area contributed by atoms with E-state index in [2.05, 4.69) is 34.1 Å². The van der Waals surface area contributed by atoms with E-state index in [1.54, 1.807) is 6.20 Å². The summed E-state index contributed by atoms with van der Waals surface area (Å²) in [6, 6.07) is 0. The standard InChI is InChI=1S/C20H28N6O2S/c1-5-24(6-2)9-10-26-12-16(11-22-26)23-17(27)7-8-25-13-21-19-18(20(25)28)14(3)15(4)29-19/h11-13H,5-10H2,1-4H3,(H,23,27). The maximum absolute atomic E-state index is 12.7. The highest BCUT2D eigenvalue weighted by molar-refractivity contribution is 7.18. The number of aryl methyl sites for hydroxylation is 3. The maximum Gasteiger partial charge on any atom is 0.262 e. The second-order valence-electron chi connectivity index (χ2n) is 7.02. The lowest BCUT2D eigenvalue weighted by molar-refractivity contribution is -0.116. The Morgan fingerprint density at radius 2 is 2.00 bits per heavy atom. The van der Waals surface area contributed by atoms with E-state index >= 15 is 0 Å². The van der Waals surface area contributed by atoms with E-state index in [-0.39, 0.29) is 24.4 Å². The number of anilines is 1. The molecule has 3 rings (SSSR count). The summed E-state index contributed by atoms with van der Waals surface area (Å²) in [5.41, 5.74) is 1.55. The van der Waals surface area contributed by atoms with Crippen LogP contribution in [0.25, 0.3) is 10.2 Å². The van der Waals surface area contributed by atoms with Crippen molar-refractivity contribution in [3.8, 4) is 0 Å². The molecular weight excluding hydrogens is 388 g/mol. The molecule has 8 nitrogen and oxygen atoms in total. The zero-order valence-electron chi connectivity index (χ0n) is 17.4. The predicted molar refractivity (Wildman–Crippen MR) is 117 cm³/mol. The van der Waals surface area contributed by atoms with Gasteiger partial charge >= 0.3 is 0 Å². The molecule has 0 aliphatic heterocycles. The summed E-state index contributed by atoms with van der Waals surface area (Å²) in [5.74, 6) is -0.154. The van der Waals surface area contributed by atoms with Crippen LogP contribution < -0.4 is 10.9 Å². The zero-order chi connectivity index (χ0) is 21.0. The number of rotatable bonds is 9. The first-order valence-corrected chi connectivity index (χ1v) is 10.7. The number of fused-ring (bicyclic) bond motifs is 1. The molecule has 3 heterocycles. The van der Waals surface area contributed by atoms with Gasteiger partial charge in [0.25, 0.3) is 5.56 Å². The van der Waals surface area contributed by atoms with Crippen molar-refractivity contribution in [2.75, 3.05) is 25.0 Å². The highest BCUT2D eigenvalue weighted by atomic mass is 32.1. The van der Waals surface area contributed by atoms with Crippen molar-refractivity contribution >= 4 is 33.1 Å². The van der Waals surface area contributed by atoms with Crippen LogP contribution in [0.4, 0.5) is 5.69 Å². The summed E-state index contributed by atoms with van der Waals surface area (Å²) in [6.45, 7) is 12.2. The van der Waals surface area contributed by atoms with Crippen molar-refractivity contribution in [3.05, 3.63) is 39.5 Å². The fourth-order valence-corrected chi connectivity index (χ4v) is 4.20. The van der Waals surface area contributed by atoms with Gasteiger partial charge in [0, 0.05) is 30.6 Å². The largest absolute Gasteiger partial charge is 0.323 e. The van der Waals surface area contributed by atoms with E-state index < -0.39 is 0 Å². The number of amides is 1. The van der Waals surface area contributed by atoms with Gasteiger partial charge < -0.3 is 10.2 Å². The van der Waals surface area contributed by atoms with Crippen LogP contribution in [-0.4, -0.2) is 49.8 Å². The van der Waals surface area contributed by atoms with Gasteiger partial charge in [-0.05, 0) is 32.5 Å². The summed E-state index contributed by atoms with van der Waals surface area (Å²) >= 11 is 1.52. The van der Waals surface area contributed by atoms with E-state index in [0.29, 0.717) is 11.1 Å². The SMILES string of the molecule is CCN(CC)CCn1cc(NC(=O)CCn2cnc3sc(C)c(C)c3c2=O)cn1. The Labute approximate surface area is 174 Å². The minimum atomic E-state index is -0.154. The second-order valence-corrected chi connectivity index (χ2v) is 8.23. The molecule has 0 atom stereocenters. The molecule has 0 fully saturated rings. The molecule has 156 valence electrons. The quantitative estimate of drug-likeness (QED) is 0.580. The number of thiophene rings is 1. The molecule has 0 radical (unpaired) electrons. The lowest BCUT2D eigenvalue weighted by atomic mass is 10.2. The fraction of sp³-hybridized carbons (Fsp3) is 0.500. The van der Waals surface area contributed by atoms with Gasteiger partial charge in [-0.1, -0.05) is 13.8 Å². The third-order valence-corrected chi connectivity index (χ3v) is 6.31. The summed E-state index contributed by atoms with van der Waals surface area (Å²) in [5, 5.41) is 7.81. The van der Waals surface area contributed by atoms with Crippen molar-refractivity contribution in [2.45, 2.75) is 47.2 Å². The molecule has 9 heteroatoms. The lowest BCUT2D eigenvalue weighted by Crippen LogP contribution is -2.27. The lowest BCUT2D eigenvalue weighted by Gasteiger charge is -2.17. The second kappa shape index (κ2) is 9.32. The van der Waals surface area contributed by atoms with Crippen LogP contribution in [0.1, 0.15) is 30.7 Å². The summed E-state index contributed by atoms with van der Waals surface area (Å²) in [4.78, 5) is 33.5. The minimum absolute atomic E-state index is 0.0890. The van der Waals surface area contributed by atoms with Gasteiger partial charge in [-0.2, -0.15) is 5.10 Å². The molecule has 1 amide bonds. The van der Waals surface area contributed by atoms with Gasteiger partial charge in [-0.25, -0.2) is 4.98 Å². The summed E-state index contributed by atoms with van der Waals surface area (Å²) in [6.07, 6.45) is 5.20. The maximum atomic E-state index is 12.7. The van der Waals surface area contributed by atoms with Crippen LogP contribution in [0.2, 0.25) is 0 Å². The van der Waals surface area contributed by atoms with Crippen LogP contribution in [0.3, 0.4) is 0 Å². The van der Waals surface area contributed by atoms with E-state index in [9.17, 15) is 9.59 Å². The molecule has 29 heavy (non-hydrogen) atoms. The first kappa shape index (κ1) is 21.2. The third kappa shape index (κ3) is 4.91. The Morgan fingerprint density at radius 3 is 2.72 bits per heavy atom. The number of nitrogens with zero attached hydrogens (tertiary/aromatic N) is 5. The zero-order valence-corrected chi connectivity index (χ0v) is 18.3. The van der Waals surface area contributed by atoms with Crippen LogP contribution in [0.5, 0.6) is 0 Å². The number of nitrogens with one attached hydrogen (secondary N) is 1. The molecule has 0 unspecified atom stereocenters. The molecule has 0 aliphatic carbocycles. The van der Waals surface area contributed by atoms with Crippen LogP contribution in [-0.2, 0) is 17.9 Å². The Kier molecular flexibility index (Phi) is 6.81. The van der Waals surface area contributed by atoms with E-state index in [1.165, 1.54) is 22.2 Å². The highest BCUT2D eigenvalue weighted by Gasteiger charge is 2.13. The van der Waals surface area contributed by atoms with Gasteiger partial charge in [-0.15, -0.1) is 11.3 Å². The van der Waals surface area contributed by atoms with Gasteiger partial charge in [0.2, 0.25) is 5.91 Å². The Morgan fingerprint density at radius 1 is 1.24 bits per heavy atom. The third-order valence-electron chi connectivity index (χ3n) is 5.19. The Balaban J connectivity index is 1.57. The first-order chi connectivity index (χ1) is 13.9. The molecule has 0 bridgehead atoms. The van der Waals surface area contributed by atoms with E-state index in [1.807, 2.05) is 24.7 Å². The average Bonchev–Trinajstić information content (AvgIpc) is 3.26. The summed E-state index contributed by atoms with van der Waals surface area (Å²) in [7, 11) is 0. The predicted octanol–water partition coefficient (Wildman–Crippen LogP) is 2.64. The number of hydrogen-bond acceptors (Lipinski definition) is 6. The molecule has 3 aromatic heterocycles. The molecule has 0 saturated carbocycles. The first-order valence-electron chi connectivity index (χ1n) is 9.92. The Bertz CT molecular complexity index is 1050. The molecule has 0 aromatic carbocycles. The van der Waals surface area contributed by atoms with Crippen molar-refractivity contribution in [1.82, 2.24) is 24.2 Å². The van der Waals surface area contributed by atoms with Crippen molar-refractivity contribution in [3.63, 3.8) is 0 Å². The monoisotopic (exact) mass is 416 g/mol. The molecular formula is C20H28N6O2S. The number of aromatic nitrogens is 4. The van der Waals surface area contributed by atoms with Gasteiger partial charge in [0.1, 0.15) is 4.83 Å². The minimum Gasteiger partial charge on any atom is -0.323 e. The van der Waals surface area contributed by atoms with Crippen molar-refractivity contribution < 1.29 is 4.79 Å². The van der Waals surface area contributed by atoms with Gasteiger partial charge in [0.15, 0.2) is 0 Å². The van der Waals surface area contributed by atoms with Crippen molar-refractivity contribution in [2.24, 2.45) is 0 Å². The number of hydrogen-bond donors (Lipinski definition) is 1. The molecule has 3 aromatic rings. The normalized spacial score (nSPS) is 11.5. The topological polar surface area (TPSA) is 85.0 Å². The molecule has 0 aliphatic rings. The van der Waals surface area contributed by atoms with Gasteiger partial charge in [-0.3, -0.25) is 18.8 Å². The highest BCUT2D eigenvalue weighted by Crippen LogP contribution is 2.25. The summed E-state index contributed by atoms with van der Waals surface area (Å²) < 4.78 is 3.34. The molecule has 1 N–H and O–H groups in total. The average molecular weight is 417 g/mol. The Hall–Kier alpha value is -2.52. The van der Waals surface area contributed by atoms with Crippen LogP contribution in [0, 0.1) is 13.8 Å². The van der Waals surface area contributed by atoms with E-state index in [0.717, 1.165) is 41.5 Å². The number of likely N-dealkylation sites (N-methyl/N-ethyl adjacent to an activating group) is 1. The number of carbonyl (C=O) groups is 1. The van der Waals surface area contributed by atoms with Crippen LogP contribution in [0.15, 0.2) is 23.5 Å². The van der Waals surface area contributed by atoms with Crippen LogP contribution >= 0.6 is 11.3 Å². The fourth-order valence-electron chi connectivity index (χ4n) is 3.21. The molecule has 0 spiro atoms. The smallest absolute Gasteiger partial charge is 0.262 e. The van der Waals surface area contributed by atoms with Gasteiger partial charge in [0.05, 0.1) is 30.1 Å².